The summed E-state index contributed by atoms with van der Waals surface area (Å²) in [6, 6.07) is 3.24. The SMILES string of the molecule is Cl.O=[N+]([O-])c1ccc([C@@H]2CCCCN2)o1. The average Bonchev–Trinajstić information content (AvgIpc) is 2.68. The minimum absolute atomic E-state index is 0. The number of hydrogen-bond acceptors (Lipinski definition) is 4. The van der Waals surface area contributed by atoms with Crippen molar-refractivity contribution < 1.29 is 9.34 Å². The number of nitrogens with zero attached hydrogens (tertiary/aromatic N) is 1. The normalized spacial score (nSPS) is 20.7. The molecule has 1 atom stereocenters. The molecule has 1 saturated heterocycles. The summed E-state index contributed by atoms with van der Waals surface area (Å²) in [5, 5.41) is 13.7. The zero-order valence-corrected chi connectivity index (χ0v) is 8.96. The van der Waals surface area contributed by atoms with E-state index in [0.29, 0.717) is 5.76 Å². The molecule has 0 unspecified atom stereocenters. The molecule has 0 aromatic carbocycles. The second-order valence-corrected chi connectivity index (χ2v) is 3.44. The Bertz CT molecular complexity index is 334. The molecule has 15 heavy (non-hydrogen) atoms. The standard InChI is InChI=1S/C9H12N2O3.ClH/c12-11(13)9-5-4-8(14-9)7-3-1-2-6-10-7;/h4-5,7,10H,1-3,6H2;1H/t7-;/m0./s1. The number of furan rings is 1. The molecule has 1 aliphatic rings. The average molecular weight is 233 g/mol. The lowest BCUT2D eigenvalue weighted by atomic mass is 10.0. The first-order valence-corrected chi connectivity index (χ1v) is 4.75. The van der Waals surface area contributed by atoms with E-state index in [0.717, 1.165) is 19.4 Å². The Morgan fingerprint density at radius 1 is 1.47 bits per heavy atom. The molecule has 0 radical (unpaired) electrons. The third-order valence-corrected chi connectivity index (χ3v) is 2.45. The molecule has 0 amide bonds. The van der Waals surface area contributed by atoms with Crippen molar-refractivity contribution in [2.75, 3.05) is 6.54 Å². The molecule has 0 bridgehead atoms. The predicted molar refractivity (Wildman–Crippen MR) is 57.2 cm³/mol. The van der Waals surface area contributed by atoms with Gasteiger partial charge in [0.1, 0.15) is 10.7 Å². The Morgan fingerprint density at radius 2 is 2.27 bits per heavy atom. The second-order valence-electron chi connectivity index (χ2n) is 3.44. The van der Waals surface area contributed by atoms with E-state index >= 15 is 0 Å². The van der Waals surface area contributed by atoms with Crippen LogP contribution in [0.1, 0.15) is 31.1 Å². The first kappa shape index (κ1) is 12.0. The highest BCUT2D eigenvalue weighted by Crippen LogP contribution is 2.26. The Morgan fingerprint density at radius 3 is 2.80 bits per heavy atom. The first-order chi connectivity index (χ1) is 6.77. The van der Waals surface area contributed by atoms with Gasteiger partial charge in [0.25, 0.3) is 0 Å². The third kappa shape index (κ3) is 2.70. The van der Waals surface area contributed by atoms with Gasteiger partial charge in [-0.2, -0.15) is 0 Å². The largest absolute Gasteiger partial charge is 0.433 e. The predicted octanol–water partition coefficient (Wildman–Crippen LogP) is 2.42. The van der Waals surface area contributed by atoms with E-state index in [4.69, 9.17) is 4.42 Å². The van der Waals surface area contributed by atoms with E-state index in [-0.39, 0.29) is 24.3 Å². The fraction of sp³-hybridized carbons (Fsp3) is 0.556. The number of piperidine rings is 1. The van der Waals surface area contributed by atoms with Crippen LogP contribution in [-0.2, 0) is 0 Å². The van der Waals surface area contributed by atoms with E-state index < -0.39 is 4.92 Å². The van der Waals surface area contributed by atoms with Crippen LogP contribution in [0.2, 0.25) is 0 Å². The highest BCUT2D eigenvalue weighted by Gasteiger charge is 2.20. The van der Waals surface area contributed by atoms with Crippen molar-refractivity contribution in [1.82, 2.24) is 5.32 Å². The minimum Gasteiger partial charge on any atom is -0.404 e. The van der Waals surface area contributed by atoms with Crippen molar-refractivity contribution in [1.29, 1.82) is 0 Å². The maximum Gasteiger partial charge on any atom is 0.433 e. The zero-order valence-electron chi connectivity index (χ0n) is 8.14. The van der Waals surface area contributed by atoms with Crippen molar-refractivity contribution in [2.45, 2.75) is 25.3 Å². The molecular formula is C9H13ClN2O3. The van der Waals surface area contributed by atoms with E-state index in [9.17, 15) is 10.1 Å². The summed E-state index contributed by atoms with van der Waals surface area (Å²) >= 11 is 0. The van der Waals surface area contributed by atoms with Gasteiger partial charge in [0.15, 0.2) is 0 Å². The molecule has 0 spiro atoms. The lowest BCUT2D eigenvalue weighted by molar-refractivity contribution is -0.402. The van der Waals surface area contributed by atoms with Gasteiger partial charge in [0, 0.05) is 0 Å². The van der Waals surface area contributed by atoms with Gasteiger partial charge in [-0.25, -0.2) is 0 Å². The molecule has 0 aliphatic carbocycles. The molecule has 0 saturated carbocycles. The zero-order chi connectivity index (χ0) is 9.97. The van der Waals surface area contributed by atoms with Gasteiger partial charge in [-0.3, -0.25) is 10.1 Å². The molecule has 2 heterocycles. The molecule has 1 N–H and O–H groups in total. The van der Waals surface area contributed by atoms with Crippen LogP contribution >= 0.6 is 12.4 Å². The van der Waals surface area contributed by atoms with Gasteiger partial charge < -0.3 is 9.73 Å². The lowest BCUT2D eigenvalue weighted by Gasteiger charge is -2.20. The molecule has 84 valence electrons. The Kier molecular flexibility index (Phi) is 4.11. The molecular weight excluding hydrogens is 220 g/mol. The number of rotatable bonds is 2. The van der Waals surface area contributed by atoms with Crippen LogP contribution < -0.4 is 5.32 Å². The molecule has 1 fully saturated rings. The highest BCUT2D eigenvalue weighted by molar-refractivity contribution is 5.85. The van der Waals surface area contributed by atoms with Crippen LogP contribution in [0.5, 0.6) is 0 Å². The molecule has 1 aromatic rings. The molecule has 1 aromatic heterocycles. The van der Waals surface area contributed by atoms with Gasteiger partial charge in [-0.05, 0) is 25.5 Å². The van der Waals surface area contributed by atoms with E-state index in [2.05, 4.69) is 5.32 Å². The summed E-state index contributed by atoms with van der Waals surface area (Å²) in [5.74, 6) is 0.503. The quantitative estimate of drug-likeness (QED) is 0.628. The number of nitro groups is 1. The van der Waals surface area contributed by atoms with Gasteiger partial charge in [0.2, 0.25) is 0 Å². The van der Waals surface area contributed by atoms with Gasteiger partial charge in [-0.15, -0.1) is 12.4 Å². The minimum atomic E-state index is -0.508. The Hall–Kier alpha value is -1.07. The maximum atomic E-state index is 10.4. The van der Waals surface area contributed by atoms with Crippen LogP contribution in [0.15, 0.2) is 16.5 Å². The highest BCUT2D eigenvalue weighted by atomic mass is 35.5. The number of halogens is 1. The number of nitrogens with one attached hydrogen (secondary N) is 1. The summed E-state index contributed by atoms with van der Waals surface area (Å²) < 4.78 is 5.12. The summed E-state index contributed by atoms with van der Waals surface area (Å²) in [7, 11) is 0. The topological polar surface area (TPSA) is 68.3 Å². The lowest BCUT2D eigenvalue weighted by Crippen LogP contribution is -2.26. The summed E-state index contributed by atoms with van der Waals surface area (Å²) in [6.07, 6.45) is 3.30. The van der Waals surface area contributed by atoms with Gasteiger partial charge in [-0.1, -0.05) is 6.42 Å². The number of hydrogen-bond donors (Lipinski definition) is 1. The van der Waals surface area contributed by atoms with Crippen LogP contribution in [0.25, 0.3) is 0 Å². The van der Waals surface area contributed by atoms with Crippen molar-refractivity contribution in [3.8, 4) is 0 Å². The van der Waals surface area contributed by atoms with Crippen LogP contribution in [-0.4, -0.2) is 11.5 Å². The fourth-order valence-corrected chi connectivity index (χ4v) is 1.72. The van der Waals surface area contributed by atoms with Crippen molar-refractivity contribution in [2.24, 2.45) is 0 Å². The van der Waals surface area contributed by atoms with E-state index in [1.807, 2.05) is 0 Å². The monoisotopic (exact) mass is 232 g/mol. The third-order valence-electron chi connectivity index (χ3n) is 2.45. The summed E-state index contributed by atoms with van der Waals surface area (Å²) in [4.78, 5) is 9.88. The van der Waals surface area contributed by atoms with Crippen molar-refractivity contribution in [3.05, 3.63) is 28.0 Å². The van der Waals surface area contributed by atoms with E-state index in [1.165, 1.54) is 12.5 Å². The van der Waals surface area contributed by atoms with Crippen LogP contribution in [0.3, 0.4) is 0 Å². The van der Waals surface area contributed by atoms with Crippen molar-refractivity contribution >= 4 is 18.3 Å². The van der Waals surface area contributed by atoms with Gasteiger partial charge >= 0.3 is 5.88 Å². The molecule has 6 heteroatoms. The second kappa shape index (κ2) is 5.14. The van der Waals surface area contributed by atoms with Gasteiger partial charge in [0.05, 0.1) is 12.1 Å². The first-order valence-electron chi connectivity index (χ1n) is 4.75. The maximum absolute atomic E-state index is 10.4. The smallest absolute Gasteiger partial charge is 0.404 e. The van der Waals surface area contributed by atoms with Crippen molar-refractivity contribution in [3.63, 3.8) is 0 Å². The van der Waals surface area contributed by atoms with E-state index in [1.54, 1.807) is 6.07 Å². The Labute approximate surface area is 93.4 Å². The molecule has 2 rings (SSSR count). The molecule has 5 nitrogen and oxygen atoms in total. The van der Waals surface area contributed by atoms with Crippen LogP contribution in [0.4, 0.5) is 5.88 Å². The van der Waals surface area contributed by atoms with Crippen LogP contribution in [0, 0.1) is 10.1 Å². The fourth-order valence-electron chi connectivity index (χ4n) is 1.72. The summed E-state index contributed by atoms with van der Waals surface area (Å²) in [6.45, 7) is 0.958. The summed E-state index contributed by atoms with van der Waals surface area (Å²) in [5.41, 5.74) is 0. The molecule has 1 aliphatic heterocycles. The Balaban J connectivity index is 0.00000112.